The third-order valence-corrected chi connectivity index (χ3v) is 5.97. The number of carbonyl (C=O) groups excluding carboxylic acids is 1. The Kier molecular flexibility index (Phi) is 5.87. The van der Waals surface area contributed by atoms with Gasteiger partial charge in [0.05, 0.1) is 18.3 Å². The van der Waals surface area contributed by atoms with Crippen LogP contribution in [0.15, 0.2) is 30.3 Å². The third-order valence-electron chi connectivity index (χ3n) is 5.97. The van der Waals surface area contributed by atoms with Gasteiger partial charge in [-0.15, -0.1) is 0 Å². The molecule has 1 saturated heterocycles. The van der Waals surface area contributed by atoms with E-state index in [2.05, 4.69) is 44.7 Å². The van der Waals surface area contributed by atoms with Crippen molar-refractivity contribution in [2.75, 3.05) is 6.54 Å². The molecule has 2 aromatic rings. The van der Waals surface area contributed by atoms with Gasteiger partial charge in [-0.3, -0.25) is 14.8 Å². The third kappa shape index (κ3) is 4.41. The Labute approximate surface area is 161 Å². The number of amides is 1. The maximum atomic E-state index is 12.9. The summed E-state index contributed by atoms with van der Waals surface area (Å²) in [5.74, 6) is 0.149. The molecule has 144 valence electrons. The standard InChI is InChI=1S/C22H30N4O/c27-22(23-15-20-18-11-5-2-6-12-19(18)24-25-20)21-13-7-8-14-26(21)16-17-9-3-1-4-10-17/h1,3-4,9-10,21H,2,5-8,11-16H2,(H,23,27)(H,24,25). The second-order valence-corrected chi connectivity index (χ2v) is 7.87. The van der Waals surface area contributed by atoms with Crippen LogP contribution in [0.5, 0.6) is 0 Å². The van der Waals surface area contributed by atoms with E-state index in [-0.39, 0.29) is 11.9 Å². The number of hydrogen-bond acceptors (Lipinski definition) is 3. The molecule has 4 rings (SSSR count). The van der Waals surface area contributed by atoms with Crippen LogP contribution < -0.4 is 5.32 Å². The molecule has 0 radical (unpaired) electrons. The first-order valence-electron chi connectivity index (χ1n) is 10.4. The topological polar surface area (TPSA) is 61.0 Å². The van der Waals surface area contributed by atoms with E-state index in [4.69, 9.17) is 0 Å². The second kappa shape index (κ2) is 8.70. The van der Waals surface area contributed by atoms with Gasteiger partial charge in [0, 0.05) is 12.2 Å². The molecule has 1 amide bonds. The minimum Gasteiger partial charge on any atom is -0.349 e. The summed E-state index contributed by atoms with van der Waals surface area (Å²) in [5, 5.41) is 10.9. The van der Waals surface area contributed by atoms with Crippen LogP contribution in [0.3, 0.4) is 0 Å². The number of hydrogen-bond donors (Lipinski definition) is 2. The zero-order chi connectivity index (χ0) is 18.5. The number of H-pyrrole nitrogens is 1. The van der Waals surface area contributed by atoms with Crippen LogP contribution in [0, 0.1) is 0 Å². The number of nitrogens with one attached hydrogen (secondary N) is 2. The van der Waals surface area contributed by atoms with E-state index >= 15 is 0 Å². The summed E-state index contributed by atoms with van der Waals surface area (Å²) in [6.45, 7) is 2.38. The molecular formula is C22H30N4O. The number of likely N-dealkylation sites (tertiary alicyclic amines) is 1. The summed E-state index contributed by atoms with van der Waals surface area (Å²) >= 11 is 0. The highest BCUT2D eigenvalue weighted by Crippen LogP contribution is 2.23. The molecule has 5 nitrogen and oxygen atoms in total. The van der Waals surface area contributed by atoms with Crippen molar-refractivity contribution in [1.82, 2.24) is 20.4 Å². The average Bonchev–Trinajstić information content (AvgIpc) is 2.93. The van der Waals surface area contributed by atoms with Crippen LogP contribution in [0.1, 0.15) is 61.0 Å². The summed E-state index contributed by atoms with van der Waals surface area (Å²) in [6.07, 6.45) is 9.15. The van der Waals surface area contributed by atoms with Crippen LogP contribution in [0.25, 0.3) is 0 Å². The van der Waals surface area contributed by atoms with Crippen molar-refractivity contribution in [2.45, 2.75) is 70.5 Å². The summed E-state index contributed by atoms with van der Waals surface area (Å²) in [5.41, 5.74) is 4.93. The molecule has 2 aliphatic rings. The van der Waals surface area contributed by atoms with E-state index in [0.29, 0.717) is 6.54 Å². The first kappa shape index (κ1) is 18.2. The van der Waals surface area contributed by atoms with E-state index in [0.717, 1.165) is 44.5 Å². The second-order valence-electron chi connectivity index (χ2n) is 7.87. The largest absolute Gasteiger partial charge is 0.349 e. The normalized spacial score (nSPS) is 20.7. The Morgan fingerprint density at radius 2 is 1.96 bits per heavy atom. The first-order chi connectivity index (χ1) is 13.3. The minimum atomic E-state index is -0.0310. The highest BCUT2D eigenvalue weighted by Gasteiger charge is 2.29. The fourth-order valence-electron chi connectivity index (χ4n) is 4.46. The number of rotatable bonds is 5. The molecule has 2 heterocycles. The van der Waals surface area contributed by atoms with Crippen molar-refractivity contribution in [2.24, 2.45) is 0 Å². The van der Waals surface area contributed by atoms with Crippen molar-refractivity contribution >= 4 is 5.91 Å². The van der Waals surface area contributed by atoms with Crippen molar-refractivity contribution in [3.63, 3.8) is 0 Å². The van der Waals surface area contributed by atoms with Crippen LogP contribution >= 0.6 is 0 Å². The van der Waals surface area contributed by atoms with Crippen LogP contribution in [0.2, 0.25) is 0 Å². The van der Waals surface area contributed by atoms with Crippen molar-refractivity contribution < 1.29 is 4.79 Å². The van der Waals surface area contributed by atoms with Crippen molar-refractivity contribution in [1.29, 1.82) is 0 Å². The summed E-state index contributed by atoms with van der Waals surface area (Å²) in [4.78, 5) is 15.3. The smallest absolute Gasteiger partial charge is 0.237 e. The maximum Gasteiger partial charge on any atom is 0.237 e. The number of aromatic nitrogens is 2. The lowest BCUT2D eigenvalue weighted by Gasteiger charge is -2.34. The molecule has 1 aromatic heterocycles. The summed E-state index contributed by atoms with van der Waals surface area (Å²) in [6, 6.07) is 10.4. The number of piperidine rings is 1. The first-order valence-corrected chi connectivity index (χ1v) is 10.4. The van der Waals surface area contributed by atoms with E-state index < -0.39 is 0 Å². The van der Waals surface area contributed by atoms with Gasteiger partial charge in [0.1, 0.15) is 0 Å². The molecule has 27 heavy (non-hydrogen) atoms. The highest BCUT2D eigenvalue weighted by atomic mass is 16.2. The Balaban J connectivity index is 1.38. The van der Waals surface area contributed by atoms with E-state index in [1.165, 1.54) is 42.5 Å². The van der Waals surface area contributed by atoms with Crippen LogP contribution in [0.4, 0.5) is 0 Å². The fourth-order valence-corrected chi connectivity index (χ4v) is 4.46. The molecule has 0 saturated carbocycles. The molecule has 1 unspecified atom stereocenters. The van der Waals surface area contributed by atoms with Crippen LogP contribution in [-0.2, 0) is 30.7 Å². The molecule has 2 N–H and O–H groups in total. The zero-order valence-corrected chi connectivity index (χ0v) is 16.0. The van der Waals surface area contributed by atoms with Gasteiger partial charge in [0.15, 0.2) is 0 Å². The van der Waals surface area contributed by atoms with Crippen LogP contribution in [-0.4, -0.2) is 33.6 Å². The van der Waals surface area contributed by atoms with Gasteiger partial charge in [-0.25, -0.2) is 0 Å². The van der Waals surface area contributed by atoms with E-state index in [1.54, 1.807) is 0 Å². The van der Waals surface area contributed by atoms with Gasteiger partial charge in [-0.1, -0.05) is 43.2 Å². The number of aryl methyl sites for hydroxylation is 1. The quantitative estimate of drug-likeness (QED) is 0.798. The Hall–Kier alpha value is -2.14. The predicted molar refractivity (Wildman–Crippen MR) is 106 cm³/mol. The number of aromatic amines is 1. The molecule has 0 spiro atoms. The Morgan fingerprint density at radius 1 is 1.11 bits per heavy atom. The Morgan fingerprint density at radius 3 is 2.85 bits per heavy atom. The van der Waals surface area contributed by atoms with Gasteiger partial charge in [-0.05, 0) is 56.2 Å². The average molecular weight is 367 g/mol. The molecule has 1 aliphatic heterocycles. The van der Waals surface area contributed by atoms with Gasteiger partial charge >= 0.3 is 0 Å². The van der Waals surface area contributed by atoms with Gasteiger partial charge in [-0.2, -0.15) is 5.10 Å². The zero-order valence-electron chi connectivity index (χ0n) is 16.0. The number of nitrogens with zero attached hydrogens (tertiary/aromatic N) is 2. The summed E-state index contributed by atoms with van der Waals surface area (Å²) in [7, 11) is 0. The minimum absolute atomic E-state index is 0.0310. The monoisotopic (exact) mass is 366 g/mol. The number of carbonyl (C=O) groups is 1. The number of benzene rings is 1. The lowest BCUT2D eigenvalue weighted by molar-refractivity contribution is -0.128. The highest BCUT2D eigenvalue weighted by molar-refractivity contribution is 5.81. The van der Waals surface area contributed by atoms with Gasteiger partial charge in [0.25, 0.3) is 0 Å². The molecular weight excluding hydrogens is 336 g/mol. The molecule has 5 heteroatoms. The Bertz CT molecular complexity index is 755. The van der Waals surface area contributed by atoms with E-state index in [9.17, 15) is 4.79 Å². The van der Waals surface area contributed by atoms with Gasteiger partial charge in [0.2, 0.25) is 5.91 Å². The molecule has 1 aliphatic carbocycles. The number of fused-ring (bicyclic) bond motifs is 1. The van der Waals surface area contributed by atoms with Gasteiger partial charge < -0.3 is 5.32 Å². The van der Waals surface area contributed by atoms with E-state index in [1.807, 2.05) is 6.07 Å². The SMILES string of the molecule is O=C(NCc1n[nH]c2c1CCCCC2)C1CCCCN1Cc1ccccc1. The molecule has 1 fully saturated rings. The van der Waals surface area contributed by atoms with Crippen molar-refractivity contribution in [3.8, 4) is 0 Å². The lowest BCUT2D eigenvalue weighted by Crippen LogP contribution is -2.48. The molecule has 1 aromatic carbocycles. The van der Waals surface area contributed by atoms with Crippen molar-refractivity contribution in [3.05, 3.63) is 52.8 Å². The summed E-state index contributed by atoms with van der Waals surface area (Å²) < 4.78 is 0. The predicted octanol–water partition coefficient (Wildman–Crippen LogP) is 3.35. The fraction of sp³-hybridized carbons (Fsp3) is 0.545. The molecule has 0 bridgehead atoms. The maximum absolute atomic E-state index is 12.9. The molecule has 1 atom stereocenters. The lowest BCUT2D eigenvalue weighted by atomic mass is 10.00.